The van der Waals surface area contributed by atoms with Crippen molar-refractivity contribution in [3.8, 4) is 5.75 Å². The van der Waals surface area contributed by atoms with E-state index in [9.17, 15) is 9.59 Å². The molecular weight excluding hydrogens is 338 g/mol. The van der Waals surface area contributed by atoms with Crippen LogP contribution >= 0.6 is 11.6 Å². The van der Waals surface area contributed by atoms with Gasteiger partial charge in [0.25, 0.3) is 12.4 Å². The molecule has 3 unspecified atom stereocenters. The van der Waals surface area contributed by atoms with Gasteiger partial charge in [-0.3, -0.25) is 14.9 Å². The zero-order valence-electron chi connectivity index (χ0n) is 13.4. The molecule has 0 spiro atoms. The maximum atomic E-state index is 12.6. The van der Waals surface area contributed by atoms with Crippen molar-refractivity contribution in [3.63, 3.8) is 0 Å². The molecule has 1 aromatic rings. The van der Waals surface area contributed by atoms with Gasteiger partial charge < -0.3 is 25.3 Å². The number of carbonyl (C=O) groups excluding carboxylic acids is 2. The van der Waals surface area contributed by atoms with Crippen LogP contribution in [-0.2, 0) is 14.3 Å². The van der Waals surface area contributed by atoms with E-state index in [4.69, 9.17) is 31.5 Å². The summed E-state index contributed by atoms with van der Waals surface area (Å²) in [6, 6.07) is 2.59. The Morgan fingerprint density at radius 1 is 1.46 bits per heavy atom. The van der Waals surface area contributed by atoms with Gasteiger partial charge >= 0.3 is 0 Å². The van der Waals surface area contributed by atoms with Gasteiger partial charge in [0, 0.05) is 19.7 Å². The fourth-order valence-corrected chi connectivity index (χ4v) is 2.83. The molecule has 24 heavy (non-hydrogen) atoms. The van der Waals surface area contributed by atoms with Gasteiger partial charge in [0.05, 0.1) is 29.4 Å². The highest BCUT2D eigenvalue weighted by Gasteiger charge is 2.36. The molecule has 1 heterocycles. The van der Waals surface area contributed by atoms with Crippen LogP contribution in [0.15, 0.2) is 12.1 Å². The minimum atomic E-state index is -0.636. The third-order valence-electron chi connectivity index (χ3n) is 3.85. The predicted molar refractivity (Wildman–Crippen MR) is 88.0 cm³/mol. The number of hydrogen-bond acceptors (Lipinski definition) is 7. The van der Waals surface area contributed by atoms with Crippen LogP contribution < -0.4 is 21.1 Å². The average Bonchev–Trinajstić information content (AvgIpc) is 2.57. The van der Waals surface area contributed by atoms with E-state index in [0.717, 1.165) is 0 Å². The molecule has 1 aliphatic heterocycles. The lowest BCUT2D eigenvalue weighted by Crippen LogP contribution is -2.59. The molecule has 0 radical (unpaired) electrons. The van der Waals surface area contributed by atoms with Crippen LogP contribution in [-0.4, -0.2) is 51.5 Å². The summed E-state index contributed by atoms with van der Waals surface area (Å²) in [6.45, 7) is 0.902. The molecule has 8 nitrogen and oxygen atoms in total. The van der Waals surface area contributed by atoms with Crippen LogP contribution in [0.4, 0.5) is 5.69 Å². The van der Waals surface area contributed by atoms with E-state index in [1.54, 1.807) is 0 Å². The molecule has 1 fully saturated rings. The molecule has 1 aromatic carbocycles. The molecule has 1 amide bonds. The first-order chi connectivity index (χ1) is 11.5. The molecular formula is C15H20ClN3O5. The lowest BCUT2D eigenvalue weighted by molar-refractivity contribution is -0.148. The highest BCUT2D eigenvalue weighted by Crippen LogP contribution is 2.29. The summed E-state index contributed by atoms with van der Waals surface area (Å²) >= 11 is 6.00. The summed E-state index contributed by atoms with van der Waals surface area (Å²) in [5.41, 5.74) is 6.31. The first kappa shape index (κ1) is 18.3. The number of amides is 1. The van der Waals surface area contributed by atoms with Crippen LogP contribution in [0.2, 0.25) is 5.02 Å². The Labute approximate surface area is 144 Å². The second kappa shape index (κ2) is 8.18. The number of ether oxygens (including phenoxy) is 3. The van der Waals surface area contributed by atoms with Crippen molar-refractivity contribution in [1.29, 1.82) is 0 Å². The van der Waals surface area contributed by atoms with E-state index in [-0.39, 0.29) is 22.5 Å². The molecule has 0 aromatic heterocycles. The van der Waals surface area contributed by atoms with Crippen molar-refractivity contribution < 1.29 is 23.8 Å². The van der Waals surface area contributed by atoms with Gasteiger partial charge in [0.1, 0.15) is 11.9 Å². The van der Waals surface area contributed by atoms with E-state index < -0.39 is 12.3 Å². The molecule has 0 aliphatic carbocycles. The van der Waals surface area contributed by atoms with Gasteiger partial charge in [-0.1, -0.05) is 11.6 Å². The Hall–Kier alpha value is -2.03. The lowest BCUT2D eigenvalue weighted by Gasteiger charge is -2.36. The molecule has 2 rings (SSSR count). The maximum Gasteiger partial charge on any atom is 0.294 e. The first-order valence-electron chi connectivity index (χ1n) is 7.31. The summed E-state index contributed by atoms with van der Waals surface area (Å²) in [7, 11) is 2.93. The van der Waals surface area contributed by atoms with Crippen molar-refractivity contribution in [3.05, 3.63) is 22.7 Å². The van der Waals surface area contributed by atoms with Crippen molar-refractivity contribution in [2.45, 2.75) is 24.8 Å². The molecule has 132 valence electrons. The number of halogens is 1. The van der Waals surface area contributed by atoms with Crippen LogP contribution in [0.5, 0.6) is 5.75 Å². The van der Waals surface area contributed by atoms with Crippen LogP contribution in [0, 0.1) is 0 Å². The topological polar surface area (TPSA) is 112 Å². The monoisotopic (exact) mass is 357 g/mol. The van der Waals surface area contributed by atoms with E-state index >= 15 is 0 Å². The van der Waals surface area contributed by atoms with Gasteiger partial charge in [-0.2, -0.15) is 0 Å². The predicted octanol–water partition coefficient (Wildman–Crippen LogP) is 0.537. The number of methoxy groups -OCH3 is 2. The zero-order chi connectivity index (χ0) is 17.7. The molecule has 9 heteroatoms. The minimum absolute atomic E-state index is 0.261. The van der Waals surface area contributed by atoms with E-state index in [0.29, 0.717) is 30.9 Å². The molecule has 1 saturated heterocycles. The van der Waals surface area contributed by atoms with E-state index in [1.807, 2.05) is 0 Å². The second-order valence-corrected chi connectivity index (χ2v) is 5.66. The lowest BCUT2D eigenvalue weighted by atomic mass is 10.0. The first-order valence-corrected chi connectivity index (χ1v) is 7.68. The number of nitrogen functional groups attached to an aromatic ring is 1. The smallest absolute Gasteiger partial charge is 0.294 e. The highest BCUT2D eigenvalue weighted by molar-refractivity contribution is 6.33. The highest BCUT2D eigenvalue weighted by atomic mass is 35.5. The van der Waals surface area contributed by atoms with Crippen LogP contribution in [0.25, 0.3) is 0 Å². The summed E-state index contributed by atoms with van der Waals surface area (Å²) in [6.07, 6.45) is -0.555. The quantitative estimate of drug-likeness (QED) is 0.503. The van der Waals surface area contributed by atoms with E-state index in [1.165, 1.54) is 26.4 Å². The SMILES string of the molecule is COc1cc(N)c(Cl)cc1C(=O)NC1CCNC(OC=O)C1OC. The molecule has 0 saturated carbocycles. The third kappa shape index (κ3) is 3.89. The second-order valence-electron chi connectivity index (χ2n) is 5.25. The van der Waals surface area contributed by atoms with E-state index in [2.05, 4.69) is 10.6 Å². The largest absolute Gasteiger partial charge is 0.496 e. The number of nitrogens with two attached hydrogens (primary N) is 1. The summed E-state index contributed by atoms with van der Waals surface area (Å²) in [5.74, 6) is -0.0643. The number of piperidine rings is 1. The Morgan fingerprint density at radius 2 is 2.21 bits per heavy atom. The fourth-order valence-electron chi connectivity index (χ4n) is 2.66. The van der Waals surface area contributed by atoms with Crippen LogP contribution in [0.1, 0.15) is 16.8 Å². The van der Waals surface area contributed by atoms with Crippen molar-refractivity contribution >= 4 is 29.7 Å². The number of nitrogens with one attached hydrogen (secondary N) is 2. The van der Waals surface area contributed by atoms with Gasteiger partial charge in [-0.25, -0.2) is 0 Å². The standard InChI is InChI=1S/C15H20ClN3O5/c1-22-12-6-10(17)9(16)5-8(12)14(21)19-11-3-4-18-15(24-7-20)13(11)23-2/h5-7,11,13,15,18H,3-4,17H2,1-2H3,(H,19,21). The molecule has 3 atom stereocenters. The number of rotatable bonds is 6. The Morgan fingerprint density at radius 3 is 2.83 bits per heavy atom. The Kier molecular flexibility index (Phi) is 6.24. The maximum absolute atomic E-state index is 12.6. The molecule has 4 N–H and O–H groups in total. The Balaban J connectivity index is 2.19. The average molecular weight is 358 g/mol. The zero-order valence-corrected chi connectivity index (χ0v) is 14.1. The summed E-state index contributed by atoms with van der Waals surface area (Å²) in [4.78, 5) is 23.2. The molecule has 0 bridgehead atoms. The minimum Gasteiger partial charge on any atom is -0.496 e. The van der Waals surface area contributed by atoms with Crippen molar-refractivity contribution in [1.82, 2.24) is 10.6 Å². The van der Waals surface area contributed by atoms with Crippen molar-refractivity contribution in [2.75, 3.05) is 26.5 Å². The number of carbonyl (C=O) groups is 2. The van der Waals surface area contributed by atoms with Crippen molar-refractivity contribution in [2.24, 2.45) is 0 Å². The number of anilines is 1. The number of benzene rings is 1. The Bertz CT molecular complexity index is 613. The van der Waals surface area contributed by atoms with Gasteiger partial charge in [-0.05, 0) is 12.5 Å². The van der Waals surface area contributed by atoms with Gasteiger partial charge in [0.2, 0.25) is 0 Å². The molecule has 1 aliphatic rings. The normalized spacial score (nSPS) is 23.4. The fraction of sp³-hybridized carbons (Fsp3) is 0.467. The number of hydrogen-bond donors (Lipinski definition) is 3. The summed E-state index contributed by atoms with van der Waals surface area (Å²) in [5, 5.41) is 6.14. The van der Waals surface area contributed by atoms with Gasteiger partial charge in [0.15, 0.2) is 6.23 Å². The van der Waals surface area contributed by atoms with Gasteiger partial charge in [-0.15, -0.1) is 0 Å². The third-order valence-corrected chi connectivity index (χ3v) is 4.18. The van der Waals surface area contributed by atoms with Crippen LogP contribution in [0.3, 0.4) is 0 Å². The summed E-state index contributed by atoms with van der Waals surface area (Å²) < 4.78 is 15.5.